The molecule has 0 aromatic heterocycles. The average molecular weight is 328 g/mol. The zero-order valence-corrected chi connectivity index (χ0v) is 15.0. The van der Waals surface area contributed by atoms with E-state index in [1.54, 1.807) is 12.1 Å². The Balaban J connectivity index is 0.00000232. The van der Waals surface area contributed by atoms with Crippen molar-refractivity contribution >= 4 is 12.6 Å². The molecule has 0 aliphatic carbocycles. The van der Waals surface area contributed by atoms with Gasteiger partial charge in [-0.05, 0) is 31.0 Å². The zero-order valence-electron chi connectivity index (χ0n) is 15.0. The van der Waals surface area contributed by atoms with Crippen LogP contribution in [-0.2, 0) is 16.1 Å². The summed E-state index contributed by atoms with van der Waals surface area (Å²) in [6.45, 7) is 8.81. The molecule has 2 N–H and O–H groups in total. The topological polar surface area (TPSA) is 77.4 Å². The van der Waals surface area contributed by atoms with Crippen molar-refractivity contribution in [1.82, 2.24) is 0 Å². The summed E-state index contributed by atoms with van der Waals surface area (Å²) >= 11 is 0. The van der Waals surface area contributed by atoms with Crippen molar-refractivity contribution in [2.75, 3.05) is 20.8 Å². The first-order valence-electron chi connectivity index (χ1n) is 7.87. The Morgan fingerprint density at radius 2 is 1.57 bits per heavy atom. The zero-order chi connectivity index (χ0) is 17.8. The number of hydrogen-bond acceptors (Lipinski definition) is 6. The maximum absolute atomic E-state index is 9.40. The van der Waals surface area contributed by atoms with E-state index in [0.717, 1.165) is 12.0 Å². The van der Waals surface area contributed by atoms with Crippen LogP contribution in [0.3, 0.4) is 0 Å². The van der Waals surface area contributed by atoms with E-state index >= 15 is 0 Å². The largest absolute Gasteiger partial charge is 0.497 e. The van der Waals surface area contributed by atoms with Gasteiger partial charge in [0.1, 0.15) is 11.5 Å². The van der Waals surface area contributed by atoms with Crippen LogP contribution in [0.2, 0.25) is 0 Å². The third-order valence-corrected chi connectivity index (χ3v) is 2.90. The molecular formula is C16H29BO6. The van der Waals surface area contributed by atoms with Crippen LogP contribution in [0.15, 0.2) is 12.1 Å². The van der Waals surface area contributed by atoms with E-state index < -0.39 is 7.12 Å². The van der Waals surface area contributed by atoms with Gasteiger partial charge in [0.05, 0.1) is 26.3 Å². The Labute approximate surface area is 139 Å². The van der Waals surface area contributed by atoms with Gasteiger partial charge in [-0.15, -0.1) is 0 Å². The lowest BCUT2D eigenvalue weighted by atomic mass is 9.78. The Kier molecular flexibility index (Phi) is 11.5. The van der Waals surface area contributed by atoms with Crippen LogP contribution in [0.5, 0.6) is 11.5 Å². The Bertz CT molecular complexity index is 414. The molecule has 0 spiro atoms. The Morgan fingerprint density at radius 1 is 1.04 bits per heavy atom. The Hall–Kier alpha value is -1.28. The van der Waals surface area contributed by atoms with Gasteiger partial charge in [0.25, 0.3) is 0 Å². The molecule has 6 nitrogen and oxygen atoms in total. The highest BCUT2D eigenvalue weighted by atomic mass is 16.7. The molecule has 1 unspecified atom stereocenters. The molecule has 0 aliphatic rings. The number of ether oxygens (including phenoxy) is 4. The molecule has 0 amide bonds. The standard InChI is InChI=1S/C14H23BO6.C2H6/c1-5-6-20-10(2)21-9-11-7-12(18-3)14(15(16)17)13(8-11)19-4;1-2/h7-8,10,16-17H,5-6,9H2,1-4H3;1-2H3. The second-order valence-corrected chi connectivity index (χ2v) is 4.54. The number of hydrogen-bond donors (Lipinski definition) is 2. The molecule has 0 bridgehead atoms. The van der Waals surface area contributed by atoms with Gasteiger partial charge in [-0.2, -0.15) is 0 Å². The van der Waals surface area contributed by atoms with Crippen LogP contribution in [0.1, 0.15) is 39.7 Å². The average Bonchev–Trinajstić information content (AvgIpc) is 2.58. The quantitative estimate of drug-likeness (QED) is 0.531. The second-order valence-electron chi connectivity index (χ2n) is 4.54. The molecule has 0 saturated heterocycles. The lowest BCUT2D eigenvalue weighted by Crippen LogP contribution is -2.32. The van der Waals surface area contributed by atoms with Gasteiger partial charge in [-0.1, -0.05) is 20.8 Å². The highest BCUT2D eigenvalue weighted by Crippen LogP contribution is 2.21. The molecular weight excluding hydrogens is 299 g/mol. The van der Waals surface area contributed by atoms with Crippen molar-refractivity contribution in [2.24, 2.45) is 0 Å². The van der Waals surface area contributed by atoms with Gasteiger partial charge in [0.15, 0.2) is 6.29 Å². The fraction of sp³-hybridized carbons (Fsp3) is 0.625. The maximum atomic E-state index is 9.40. The molecule has 7 heteroatoms. The molecule has 0 heterocycles. The minimum absolute atomic E-state index is 0.194. The van der Waals surface area contributed by atoms with Gasteiger partial charge in [-0.3, -0.25) is 0 Å². The van der Waals surface area contributed by atoms with E-state index in [-0.39, 0.29) is 11.8 Å². The monoisotopic (exact) mass is 328 g/mol. The molecule has 0 saturated carbocycles. The molecule has 1 aromatic rings. The highest BCUT2D eigenvalue weighted by molar-refractivity contribution is 6.61. The van der Waals surface area contributed by atoms with E-state index in [9.17, 15) is 10.0 Å². The molecule has 0 radical (unpaired) electrons. The van der Waals surface area contributed by atoms with Crippen molar-refractivity contribution < 1.29 is 29.0 Å². The van der Waals surface area contributed by atoms with Gasteiger partial charge in [0.2, 0.25) is 0 Å². The summed E-state index contributed by atoms with van der Waals surface area (Å²) in [6.07, 6.45) is 0.614. The molecule has 0 aliphatic heterocycles. The lowest BCUT2D eigenvalue weighted by molar-refractivity contribution is -0.137. The maximum Gasteiger partial charge on any atom is 0.496 e. The van der Waals surface area contributed by atoms with Crippen molar-refractivity contribution in [1.29, 1.82) is 0 Å². The number of benzene rings is 1. The van der Waals surface area contributed by atoms with Gasteiger partial charge < -0.3 is 29.0 Å². The first-order chi connectivity index (χ1) is 11.0. The third kappa shape index (κ3) is 7.22. The highest BCUT2D eigenvalue weighted by Gasteiger charge is 2.23. The second kappa shape index (κ2) is 12.2. The van der Waals surface area contributed by atoms with E-state index in [2.05, 4.69) is 0 Å². The summed E-state index contributed by atoms with van der Waals surface area (Å²) in [5.41, 5.74) is 0.985. The third-order valence-electron chi connectivity index (χ3n) is 2.90. The van der Waals surface area contributed by atoms with Gasteiger partial charge in [-0.25, -0.2) is 0 Å². The van der Waals surface area contributed by atoms with Crippen molar-refractivity contribution in [3.63, 3.8) is 0 Å². The van der Waals surface area contributed by atoms with Crippen molar-refractivity contribution in [2.45, 2.75) is 47.0 Å². The van der Waals surface area contributed by atoms with Crippen LogP contribution in [0, 0.1) is 0 Å². The van der Waals surface area contributed by atoms with Crippen LogP contribution in [0.4, 0.5) is 0 Å². The predicted octanol–water partition coefficient (Wildman–Crippen LogP) is 1.70. The van der Waals surface area contributed by atoms with Crippen LogP contribution in [-0.4, -0.2) is 44.3 Å². The van der Waals surface area contributed by atoms with E-state index in [4.69, 9.17) is 18.9 Å². The van der Waals surface area contributed by atoms with Crippen LogP contribution in [0.25, 0.3) is 0 Å². The van der Waals surface area contributed by atoms with Crippen molar-refractivity contribution in [3.05, 3.63) is 17.7 Å². The number of rotatable bonds is 9. The summed E-state index contributed by atoms with van der Waals surface area (Å²) in [5, 5.41) is 18.8. The van der Waals surface area contributed by atoms with E-state index in [1.807, 2.05) is 27.7 Å². The fourth-order valence-corrected chi connectivity index (χ4v) is 1.88. The summed E-state index contributed by atoms with van der Waals surface area (Å²) in [4.78, 5) is 0. The van der Waals surface area contributed by atoms with E-state index in [0.29, 0.717) is 24.7 Å². The molecule has 1 aromatic carbocycles. The predicted molar refractivity (Wildman–Crippen MR) is 91.2 cm³/mol. The van der Waals surface area contributed by atoms with Gasteiger partial charge in [0, 0.05) is 6.61 Å². The van der Waals surface area contributed by atoms with Crippen LogP contribution < -0.4 is 14.9 Å². The molecule has 1 rings (SSSR count). The minimum Gasteiger partial charge on any atom is -0.497 e. The van der Waals surface area contributed by atoms with E-state index in [1.165, 1.54) is 14.2 Å². The summed E-state index contributed by atoms with van der Waals surface area (Å²) in [6, 6.07) is 3.37. The first kappa shape index (κ1) is 21.7. The smallest absolute Gasteiger partial charge is 0.496 e. The molecule has 132 valence electrons. The molecule has 23 heavy (non-hydrogen) atoms. The number of methoxy groups -OCH3 is 2. The fourth-order valence-electron chi connectivity index (χ4n) is 1.88. The molecule has 0 fully saturated rings. The van der Waals surface area contributed by atoms with Crippen LogP contribution >= 0.6 is 0 Å². The lowest BCUT2D eigenvalue weighted by Gasteiger charge is -2.17. The summed E-state index contributed by atoms with van der Waals surface area (Å²) in [7, 11) is 1.24. The summed E-state index contributed by atoms with van der Waals surface area (Å²) in [5.74, 6) is 0.676. The van der Waals surface area contributed by atoms with Crippen molar-refractivity contribution in [3.8, 4) is 11.5 Å². The minimum atomic E-state index is -1.67. The normalized spacial score (nSPS) is 11.3. The Morgan fingerprint density at radius 3 is 1.96 bits per heavy atom. The van der Waals surface area contributed by atoms with Gasteiger partial charge >= 0.3 is 7.12 Å². The first-order valence-corrected chi connectivity index (χ1v) is 7.87. The molecule has 1 atom stereocenters. The summed E-state index contributed by atoms with van der Waals surface area (Å²) < 4.78 is 21.3. The SMILES string of the molecule is CC.CCCOC(C)OCc1cc(OC)c(B(O)O)c(OC)c1.